The van der Waals surface area contributed by atoms with Crippen molar-refractivity contribution in [3.8, 4) is 0 Å². The van der Waals surface area contributed by atoms with Crippen molar-refractivity contribution < 1.29 is 4.39 Å². The molecule has 0 saturated carbocycles. The zero-order valence-electron chi connectivity index (χ0n) is 9.91. The fourth-order valence-electron chi connectivity index (χ4n) is 1.50. The number of nitrogens with zero attached hydrogens (tertiary/aromatic N) is 2. The van der Waals surface area contributed by atoms with Gasteiger partial charge in [-0.15, -0.1) is 0 Å². The molecule has 0 amide bonds. The minimum atomic E-state index is -0.219. The average molecular weight is 330 g/mol. The highest BCUT2D eigenvalue weighted by atomic mass is 79.9. The Hall–Kier alpha value is -1.01. The highest BCUT2D eigenvalue weighted by molar-refractivity contribution is 9.10. The summed E-state index contributed by atoms with van der Waals surface area (Å²) in [6, 6.07) is 4.89. The molecule has 1 aromatic heterocycles. The first kappa shape index (κ1) is 13.4. The number of hydrogen-bond donors (Lipinski definition) is 1. The Morgan fingerprint density at radius 3 is 3.06 bits per heavy atom. The van der Waals surface area contributed by atoms with E-state index in [-0.39, 0.29) is 5.82 Å². The summed E-state index contributed by atoms with van der Waals surface area (Å²) in [5, 5.41) is 3.83. The standard InChI is InChI=1S/C12H13BrFN3S/c1-2-3-11-16-12(18-17-11)15-7-8-6-9(13)4-5-10(8)14/h4-6H,2-3,7H2,1H3,(H,15,16,17). The van der Waals surface area contributed by atoms with Gasteiger partial charge in [0, 0.05) is 34.5 Å². The maximum Gasteiger partial charge on any atom is 0.202 e. The van der Waals surface area contributed by atoms with Crippen LogP contribution in [-0.2, 0) is 13.0 Å². The molecule has 2 aromatic rings. The van der Waals surface area contributed by atoms with Crippen molar-refractivity contribution in [1.82, 2.24) is 9.36 Å². The lowest BCUT2D eigenvalue weighted by molar-refractivity contribution is 0.612. The van der Waals surface area contributed by atoms with E-state index in [1.54, 1.807) is 12.1 Å². The molecule has 96 valence electrons. The largest absolute Gasteiger partial charge is 0.356 e. The molecule has 6 heteroatoms. The predicted molar refractivity (Wildman–Crippen MR) is 75.3 cm³/mol. The van der Waals surface area contributed by atoms with E-state index in [9.17, 15) is 4.39 Å². The molecule has 0 radical (unpaired) electrons. The Bertz CT molecular complexity index is 530. The number of benzene rings is 1. The molecule has 0 unspecified atom stereocenters. The van der Waals surface area contributed by atoms with Crippen molar-refractivity contribution in [2.24, 2.45) is 0 Å². The zero-order chi connectivity index (χ0) is 13.0. The summed E-state index contributed by atoms with van der Waals surface area (Å²) in [5.41, 5.74) is 0.608. The van der Waals surface area contributed by atoms with Crippen LogP contribution >= 0.6 is 27.5 Å². The number of aryl methyl sites for hydroxylation is 1. The monoisotopic (exact) mass is 329 g/mol. The molecule has 1 aromatic carbocycles. The number of anilines is 1. The van der Waals surface area contributed by atoms with Crippen LogP contribution in [0.1, 0.15) is 24.7 Å². The van der Waals surface area contributed by atoms with Gasteiger partial charge in [0.05, 0.1) is 0 Å². The minimum Gasteiger partial charge on any atom is -0.356 e. The van der Waals surface area contributed by atoms with Crippen LogP contribution in [0.5, 0.6) is 0 Å². The Labute approximate surface area is 118 Å². The SMILES string of the molecule is CCCc1nsc(NCc2cc(Br)ccc2F)n1. The van der Waals surface area contributed by atoms with E-state index >= 15 is 0 Å². The molecule has 1 heterocycles. The van der Waals surface area contributed by atoms with Gasteiger partial charge < -0.3 is 5.32 Å². The van der Waals surface area contributed by atoms with E-state index in [1.807, 2.05) is 0 Å². The zero-order valence-corrected chi connectivity index (χ0v) is 12.3. The van der Waals surface area contributed by atoms with Crippen LogP contribution in [0.2, 0.25) is 0 Å². The minimum absolute atomic E-state index is 0.219. The average Bonchev–Trinajstić information content (AvgIpc) is 2.79. The van der Waals surface area contributed by atoms with Crippen LogP contribution < -0.4 is 5.32 Å². The van der Waals surface area contributed by atoms with E-state index in [4.69, 9.17) is 0 Å². The second-order valence-corrected chi connectivity index (χ2v) is 5.52. The van der Waals surface area contributed by atoms with Gasteiger partial charge in [0.1, 0.15) is 11.6 Å². The van der Waals surface area contributed by atoms with Gasteiger partial charge in [-0.3, -0.25) is 0 Å². The van der Waals surface area contributed by atoms with Crippen LogP contribution in [0.3, 0.4) is 0 Å². The van der Waals surface area contributed by atoms with Crippen LogP contribution in [0.15, 0.2) is 22.7 Å². The lowest BCUT2D eigenvalue weighted by Crippen LogP contribution is -2.01. The highest BCUT2D eigenvalue weighted by Gasteiger charge is 2.06. The van der Waals surface area contributed by atoms with Gasteiger partial charge in [0.15, 0.2) is 0 Å². The van der Waals surface area contributed by atoms with Crippen LogP contribution in [0, 0.1) is 5.82 Å². The molecule has 3 nitrogen and oxygen atoms in total. The molecule has 0 spiro atoms. The third-order valence-corrected chi connectivity index (χ3v) is 3.58. The van der Waals surface area contributed by atoms with Gasteiger partial charge >= 0.3 is 0 Å². The lowest BCUT2D eigenvalue weighted by atomic mass is 10.2. The smallest absolute Gasteiger partial charge is 0.202 e. The molecule has 0 aliphatic carbocycles. The Morgan fingerprint density at radius 2 is 2.28 bits per heavy atom. The molecular formula is C12H13BrFN3S. The lowest BCUT2D eigenvalue weighted by Gasteiger charge is -2.04. The molecule has 0 atom stereocenters. The van der Waals surface area contributed by atoms with Crippen LogP contribution in [-0.4, -0.2) is 9.36 Å². The molecule has 1 N–H and O–H groups in total. The highest BCUT2D eigenvalue weighted by Crippen LogP contribution is 2.18. The van der Waals surface area contributed by atoms with E-state index in [1.165, 1.54) is 17.6 Å². The molecule has 0 aliphatic heterocycles. The van der Waals surface area contributed by atoms with Crippen molar-refractivity contribution in [3.05, 3.63) is 39.9 Å². The number of rotatable bonds is 5. The van der Waals surface area contributed by atoms with Crippen molar-refractivity contribution in [2.75, 3.05) is 5.32 Å². The van der Waals surface area contributed by atoms with E-state index in [0.717, 1.165) is 28.3 Å². The summed E-state index contributed by atoms with van der Waals surface area (Å²) in [7, 11) is 0. The van der Waals surface area contributed by atoms with Gasteiger partial charge in [-0.1, -0.05) is 22.9 Å². The number of aromatic nitrogens is 2. The van der Waals surface area contributed by atoms with Crippen molar-refractivity contribution >= 4 is 32.6 Å². The van der Waals surface area contributed by atoms with E-state index in [0.29, 0.717) is 12.1 Å². The number of hydrogen-bond acceptors (Lipinski definition) is 4. The van der Waals surface area contributed by atoms with Gasteiger partial charge in [0.2, 0.25) is 5.13 Å². The second-order valence-electron chi connectivity index (χ2n) is 3.86. The number of halogens is 2. The summed E-state index contributed by atoms with van der Waals surface area (Å²) in [4.78, 5) is 4.33. The first-order valence-corrected chi connectivity index (χ1v) is 7.26. The molecule has 0 bridgehead atoms. The van der Waals surface area contributed by atoms with Crippen molar-refractivity contribution in [1.29, 1.82) is 0 Å². The Balaban J connectivity index is 1.99. The molecule has 2 rings (SSSR count). The first-order chi connectivity index (χ1) is 8.69. The Morgan fingerprint density at radius 1 is 1.44 bits per heavy atom. The summed E-state index contributed by atoms with van der Waals surface area (Å²) >= 11 is 4.64. The molecule has 18 heavy (non-hydrogen) atoms. The summed E-state index contributed by atoms with van der Waals surface area (Å²) in [6.45, 7) is 2.50. The van der Waals surface area contributed by atoms with Crippen molar-refractivity contribution in [2.45, 2.75) is 26.3 Å². The van der Waals surface area contributed by atoms with Gasteiger partial charge in [0.25, 0.3) is 0 Å². The summed E-state index contributed by atoms with van der Waals surface area (Å²) in [6.07, 6.45) is 1.90. The third-order valence-electron chi connectivity index (χ3n) is 2.38. The third kappa shape index (κ3) is 3.49. The topological polar surface area (TPSA) is 37.8 Å². The maximum atomic E-state index is 13.5. The molecular weight excluding hydrogens is 317 g/mol. The van der Waals surface area contributed by atoms with Gasteiger partial charge in [-0.05, 0) is 24.6 Å². The molecule has 0 aliphatic rings. The van der Waals surface area contributed by atoms with Crippen LogP contribution in [0.25, 0.3) is 0 Å². The predicted octanol–water partition coefficient (Wildman–Crippen LogP) is 4.00. The quantitative estimate of drug-likeness (QED) is 0.900. The first-order valence-electron chi connectivity index (χ1n) is 5.69. The fourth-order valence-corrected chi connectivity index (χ4v) is 2.52. The molecule has 0 saturated heterocycles. The van der Waals surface area contributed by atoms with Crippen molar-refractivity contribution in [3.63, 3.8) is 0 Å². The molecule has 0 fully saturated rings. The van der Waals surface area contributed by atoms with Crippen LogP contribution in [0.4, 0.5) is 9.52 Å². The maximum absolute atomic E-state index is 13.5. The van der Waals surface area contributed by atoms with Gasteiger partial charge in [-0.25, -0.2) is 9.37 Å². The fraction of sp³-hybridized carbons (Fsp3) is 0.333. The number of nitrogens with one attached hydrogen (secondary N) is 1. The van der Waals surface area contributed by atoms with E-state index in [2.05, 4.69) is 37.5 Å². The normalized spacial score (nSPS) is 10.6. The van der Waals surface area contributed by atoms with E-state index < -0.39 is 0 Å². The summed E-state index contributed by atoms with van der Waals surface area (Å²) in [5.74, 6) is 0.628. The van der Waals surface area contributed by atoms with Gasteiger partial charge in [-0.2, -0.15) is 4.37 Å². The second kappa shape index (κ2) is 6.24. The summed E-state index contributed by atoms with van der Waals surface area (Å²) < 4.78 is 18.6. The Kier molecular flexibility index (Phi) is 4.66.